The zero-order valence-electron chi connectivity index (χ0n) is 11.0. The van der Waals surface area contributed by atoms with Gasteiger partial charge in [-0.15, -0.1) is 0 Å². The van der Waals surface area contributed by atoms with E-state index in [-0.39, 0.29) is 12.4 Å². The van der Waals surface area contributed by atoms with Crippen LogP contribution in [0.2, 0.25) is 0 Å². The van der Waals surface area contributed by atoms with Crippen LogP contribution in [0.3, 0.4) is 0 Å². The number of Topliss-reactive ketones (excluding diaryl/α,β-unsaturated/α-hetero) is 1. The molecule has 0 amide bonds. The van der Waals surface area contributed by atoms with Gasteiger partial charge in [-0.05, 0) is 49.9 Å². The third-order valence-electron chi connectivity index (χ3n) is 3.54. The van der Waals surface area contributed by atoms with Crippen LogP contribution < -0.4 is 4.74 Å². The van der Waals surface area contributed by atoms with Crippen molar-refractivity contribution < 1.29 is 14.6 Å². The molecule has 0 radical (unpaired) electrons. The van der Waals surface area contributed by atoms with E-state index in [9.17, 15) is 9.90 Å². The molecular formula is C15H20O3. The molecule has 1 aliphatic carbocycles. The molecule has 0 aromatic heterocycles. The minimum Gasteiger partial charge on any atom is -0.491 e. The van der Waals surface area contributed by atoms with Crippen molar-refractivity contribution in [2.24, 2.45) is 0 Å². The molecule has 1 aliphatic rings. The van der Waals surface area contributed by atoms with Gasteiger partial charge in [-0.1, -0.05) is 6.92 Å². The maximum absolute atomic E-state index is 11.7. The van der Waals surface area contributed by atoms with Crippen LogP contribution in [0.15, 0.2) is 18.2 Å². The van der Waals surface area contributed by atoms with Crippen LogP contribution in [-0.2, 0) is 6.42 Å². The summed E-state index contributed by atoms with van der Waals surface area (Å²) < 4.78 is 5.60. The zero-order valence-corrected chi connectivity index (χ0v) is 11.0. The largest absolute Gasteiger partial charge is 0.491 e. The summed E-state index contributed by atoms with van der Waals surface area (Å²) in [4.78, 5) is 11.7. The molecule has 0 fully saturated rings. The maximum Gasteiger partial charge on any atom is 0.163 e. The quantitative estimate of drug-likeness (QED) is 0.891. The van der Waals surface area contributed by atoms with Crippen LogP contribution in [0.25, 0.3) is 0 Å². The summed E-state index contributed by atoms with van der Waals surface area (Å²) in [6.07, 6.45) is 3.15. The standard InChI is InChI=1S/C15H20O3/c1-3-15(2,17)10-18-12-7-8-13-11(9-12)5-4-6-14(13)16/h7-9,17H,3-6,10H2,1-2H3. The van der Waals surface area contributed by atoms with Crippen LogP contribution in [0.1, 0.15) is 49.0 Å². The van der Waals surface area contributed by atoms with E-state index in [0.717, 1.165) is 29.7 Å². The molecule has 3 nitrogen and oxygen atoms in total. The number of carbonyl (C=O) groups is 1. The molecule has 0 aliphatic heterocycles. The predicted octanol–water partition coefficient (Wildman–Crippen LogP) is 2.75. The Kier molecular flexibility index (Phi) is 3.71. The molecule has 98 valence electrons. The monoisotopic (exact) mass is 248 g/mol. The summed E-state index contributed by atoms with van der Waals surface area (Å²) in [6.45, 7) is 3.96. The summed E-state index contributed by atoms with van der Waals surface area (Å²) >= 11 is 0. The van der Waals surface area contributed by atoms with E-state index in [0.29, 0.717) is 12.8 Å². The molecule has 2 rings (SSSR count). The maximum atomic E-state index is 11.7. The third-order valence-corrected chi connectivity index (χ3v) is 3.54. The van der Waals surface area contributed by atoms with E-state index in [4.69, 9.17) is 4.74 Å². The number of hydrogen-bond acceptors (Lipinski definition) is 3. The van der Waals surface area contributed by atoms with Gasteiger partial charge in [-0.25, -0.2) is 0 Å². The number of ether oxygens (including phenoxy) is 1. The number of aryl methyl sites for hydroxylation is 1. The smallest absolute Gasteiger partial charge is 0.163 e. The number of aliphatic hydroxyl groups is 1. The molecule has 0 bridgehead atoms. The molecule has 0 saturated carbocycles. The van der Waals surface area contributed by atoms with E-state index in [1.54, 1.807) is 6.92 Å². The summed E-state index contributed by atoms with van der Waals surface area (Å²) in [5.41, 5.74) is 1.10. The highest BCUT2D eigenvalue weighted by Gasteiger charge is 2.20. The van der Waals surface area contributed by atoms with Crippen molar-refractivity contribution in [3.8, 4) is 5.75 Å². The van der Waals surface area contributed by atoms with E-state index in [1.807, 2.05) is 25.1 Å². The van der Waals surface area contributed by atoms with Crippen molar-refractivity contribution >= 4 is 5.78 Å². The lowest BCUT2D eigenvalue weighted by Crippen LogP contribution is -2.31. The fraction of sp³-hybridized carbons (Fsp3) is 0.533. The average Bonchev–Trinajstić information content (AvgIpc) is 2.37. The van der Waals surface area contributed by atoms with Crippen molar-refractivity contribution in [3.05, 3.63) is 29.3 Å². The van der Waals surface area contributed by atoms with Gasteiger partial charge in [0.2, 0.25) is 0 Å². The van der Waals surface area contributed by atoms with E-state index >= 15 is 0 Å². The number of hydrogen-bond donors (Lipinski definition) is 1. The molecule has 1 aromatic carbocycles. The van der Waals surface area contributed by atoms with Gasteiger partial charge in [0.05, 0.1) is 5.60 Å². The second-order valence-corrected chi connectivity index (χ2v) is 5.23. The van der Waals surface area contributed by atoms with Crippen molar-refractivity contribution in [1.82, 2.24) is 0 Å². The Morgan fingerprint density at radius 3 is 2.89 bits per heavy atom. The third kappa shape index (κ3) is 2.91. The van der Waals surface area contributed by atoms with Crippen molar-refractivity contribution in [1.29, 1.82) is 0 Å². The van der Waals surface area contributed by atoms with Gasteiger partial charge < -0.3 is 9.84 Å². The van der Waals surface area contributed by atoms with E-state index < -0.39 is 5.60 Å². The van der Waals surface area contributed by atoms with Crippen LogP contribution in [0.5, 0.6) is 5.75 Å². The van der Waals surface area contributed by atoms with Gasteiger partial charge in [-0.3, -0.25) is 4.79 Å². The van der Waals surface area contributed by atoms with Gasteiger partial charge in [-0.2, -0.15) is 0 Å². The van der Waals surface area contributed by atoms with E-state index in [2.05, 4.69) is 0 Å². The lowest BCUT2D eigenvalue weighted by Gasteiger charge is -2.22. The normalized spacial score (nSPS) is 18.1. The highest BCUT2D eigenvalue weighted by Crippen LogP contribution is 2.26. The number of carbonyl (C=O) groups excluding carboxylic acids is 1. The Labute approximate surface area is 108 Å². The van der Waals surface area contributed by atoms with Crippen LogP contribution in [-0.4, -0.2) is 23.1 Å². The van der Waals surface area contributed by atoms with Crippen LogP contribution in [0, 0.1) is 0 Å². The second-order valence-electron chi connectivity index (χ2n) is 5.23. The topological polar surface area (TPSA) is 46.5 Å². The lowest BCUT2D eigenvalue weighted by molar-refractivity contribution is 0.00843. The zero-order chi connectivity index (χ0) is 13.2. The Morgan fingerprint density at radius 1 is 1.39 bits per heavy atom. The molecule has 18 heavy (non-hydrogen) atoms. The highest BCUT2D eigenvalue weighted by molar-refractivity contribution is 5.98. The Bertz CT molecular complexity index is 449. The molecule has 1 atom stereocenters. The first-order chi connectivity index (χ1) is 8.52. The summed E-state index contributed by atoms with van der Waals surface area (Å²) in [5.74, 6) is 0.959. The SMILES string of the molecule is CCC(C)(O)COc1ccc2c(c1)CCCC2=O. The first kappa shape index (κ1) is 13.1. The minimum absolute atomic E-state index is 0.225. The Morgan fingerprint density at radius 2 is 2.17 bits per heavy atom. The lowest BCUT2D eigenvalue weighted by atomic mass is 9.90. The molecule has 0 saturated heterocycles. The summed E-state index contributed by atoms with van der Waals surface area (Å²) in [5, 5.41) is 9.89. The highest BCUT2D eigenvalue weighted by atomic mass is 16.5. The molecule has 0 spiro atoms. The molecule has 1 N–H and O–H groups in total. The first-order valence-electron chi connectivity index (χ1n) is 6.53. The number of fused-ring (bicyclic) bond motifs is 1. The van der Waals surface area contributed by atoms with Gasteiger partial charge in [0.25, 0.3) is 0 Å². The molecule has 3 heteroatoms. The number of rotatable bonds is 4. The van der Waals surface area contributed by atoms with Crippen LogP contribution in [0.4, 0.5) is 0 Å². The van der Waals surface area contributed by atoms with Crippen molar-refractivity contribution in [2.75, 3.05) is 6.61 Å². The number of ketones is 1. The molecule has 0 heterocycles. The fourth-order valence-electron chi connectivity index (χ4n) is 2.05. The Balaban J connectivity index is 2.10. The van der Waals surface area contributed by atoms with Gasteiger partial charge in [0, 0.05) is 12.0 Å². The fourth-order valence-corrected chi connectivity index (χ4v) is 2.05. The number of benzene rings is 1. The molecular weight excluding hydrogens is 228 g/mol. The summed E-state index contributed by atoms with van der Waals surface area (Å²) in [6, 6.07) is 5.58. The van der Waals surface area contributed by atoms with Crippen LogP contribution >= 0.6 is 0 Å². The second kappa shape index (κ2) is 5.11. The molecule has 1 aromatic rings. The van der Waals surface area contributed by atoms with Gasteiger partial charge in [0.15, 0.2) is 5.78 Å². The van der Waals surface area contributed by atoms with E-state index in [1.165, 1.54) is 0 Å². The minimum atomic E-state index is -0.800. The van der Waals surface area contributed by atoms with Gasteiger partial charge in [0.1, 0.15) is 12.4 Å². The average molecular weight is 248 g/mol. The first-order valence-corrected chi connectivity index (χ1v) is 6.53. The van der Waals surface area contributed by atoms with Gasteiger partial charge >= 0.3 is 0 Å². The summed E-state index contributed by atoms with van der Waals surface area (Å²) in [7, 11) is 0. The predicted molar refractivity (Wildman–Crippen MR) is 70.1 cm³/mol. The Hall–Kier alpha value is -1.35. The molecule has 1 unspecified atom stereocenters. The van der Waals surface area contributed by atoms with Crippen molar-refractivity contribution in [3.63, 3.8) is 0 Å². The van der Waals surface area contributed by atoms with Crippen molar-refractivity contribution in [2.45, 2.75) is 45.1 Å².